The molecule has 0 N–H and O–H groups in total. The number of hydrogen-bond donors (Lipinski definition) is 0. The van der Waals surface area contributed by atoms with E-state index in [9.17, 15) is 4.79 Å². The third-order valence-corrected chi connectivity index (χ3v) is 2.76. The van der Waals surface area contributed by atoms with Gasteiger partial charge in [-0.25, -0.2) is 9.31 Å². The van der Waals surface area contributed by atoms with Gasteiger partial charge in [-0.05, 0) is 19.9 Å². The van der Waals surface area contributed by atoms with E-state index in [1.165, 1.54) is 11.3 Å². The number of aryl methyl sites for hydroxylation is 1. The first-order valence-corrected chi connectivity index (χ1v) is 5.15. The number of nitrogens with zero attached hydrogens (tertiary/aromatic N) is 2. The van der Waals surface area contributed by atoms with Crippen LogP contribution in [0.5, 0.6) is 0 Å². The quantitative estimate of drug-likeness (QED) is 0.711. The summed E-state index contributed by atoms with van der Waals surface area (Å²) in [5, 5.41) is 4.20. The Balaban J connectivity index is 2.36. The van der Waals surface area contributed by atoms with Gasteiger partial charge in [0, 0.05) is 0 Å². The van der Waals surface area contributed by atoms with Crippen molar-refractivity contribution >= 4 is 22.1 Å². The maximum atomic E-state index is 11.3. The molecule has 4 nitrogen and oxygen atoms in total. The number of carbonyl (C=O) groups is 1. The van der Waals surface area contributed by atoms with Crippen LogP contribution in [0.1, 0.15) is 22.3 Å². The maximum absolute atomic E-state index is 11.3. The van der Waals surface area contributed by atoms with Crippen LogP contribution in [0.3, 0.4) is 0 Å². The fourth-order valence-corrected chi connectivity index (χ4v) is 2.14. The van der Waals surface area contributed by atoms with Crippen LogP contribution in [0.2, 0.25) is 0 Å². The molecular formula is C9H10N2O2S. The molecular weight excluding hydrogens is 200 g/mol. The van der Waals surface area contributed by atoms with Gasteiger partial charge in [0.15, 0.2) is 0 Å². The van der Waals surface area contributed by atoms with Gasteiger partial charge < -0.3 is 4.74 Å². The van der Waals surface area contributed by atoms with Gasteiger partial charge in [0.1, 0.15) is 9.71 Å². The summed E-state index contributed by atoms with van der Waals surface area (Å²) < 4.78 is 6.59. The molecule has 0 amide bonds. The summed E-state index contributed by atoms with van der Waals surface area (Å²) >= 11 is 1.39. The van der Waals surface area contributed by atoms with Gasteiger partial charge in [0.05, 0.1) is 18.5 Å². The predicted octanol–water partition coefficient (Wildman–Crippen LogP) is 1.88. The molecule has 0 saturated carbocycles. The number of rotatable bonds is 2. The summed E-state index contributed by atoms with van der Waals surface area (Å²) in [6, 6.07) is 1.94. The van der Waals surface area contributed by atoms with E-state index in [0.29, 0.717) is 11.5 Å². The summed E-state index contributed by atoms with van der Waals surface area (Å²) in [4.78, 5) is 12.9. The van der Waals surface area contributed by atoms with Gasteiger partial charge in [-0.3, -0.25) is 0 Å². The molecule has 0 fully saturated rings. The van der Waals surface area contributed by atoms with E-state index in [1.54, 1.807) is 17.6 Å². The van der Waals surface area contributed by atoms with Crippen molar-refractivity contribution in [1.82, 2.24) is 9.61 Å². The Morgan fingerprint density at radius 2 is 2.50 bits per heavy atom. The van der Waals surface area contributed by atoms with E-state index in [2.05, 4.69) is 5.10 Å². The van der Waals surface area contributed by atoms with Crippen molar-refractivity contribution in [3.05, 3.63) is 22.8 Å². The number of esters is 1. The van der Waals surface area contributed by atoms with E-state index < -0.39 is 0 Å². The minimum atomic E-state index is -0.277. The number of hydrogen-bond acceptors (Lipinski definition) is 4. The molecule has 5 heteroatoms. The molecule has 14 heavy (non-hydrogen) atoms. The molecule has 74 valence electrons. The second-order valence-electron chi connectivity index (χ2n) is 2.88. The van der Waals surface area contributed by atoms with Crippen LogP contribution in [0.15, 0.2) is 12.3 Å². The third-order valence-electron chi connectivity index (χ3n) is 1.75. The molecule has 0 saturated heterocycles. The first kappa shape index (κ1) is 9.21. The number of thiazole rings is 1. The van der Waals surface area contributed by atoms with Gasteiger partial charge in [-0.15, -0.1) is 11.3 Å². The van der Waals surface area contributed by atoms with Crippen LogP contribution in [-0.4, -0.2) is 22.2 Å². The normalized spacial score (nSPS) is 10.7. The van der Waals surface area contributed by atoms with E-state index in [4.69, 9.17) is 4.74 Å². The summed E-state index contributed by atoms with van der Waals surface area (Å²) in [5.74, 6) is -0.277. The third kappa shape index (κ3) is 1.50. The lowest BCUT2D eigenvalue weighted by atomic mass is 10.5. The first-order chi connectivity index (χ1) is 6.70. The Hall–Kier alpha value is -1.36. The highest BCUT2D eigenvalue weighted by Gasteiger charge is 2.11. The van der Waals surface area contributed by atoms with E-state index >= 15 is 0 Å². The average Bonchev–Trinajstić information content (AvgIpc) is 2.61. The second-order valence-corrected chi connectivity index (χ2v) is 3.95. The molecule has 2 heterocycles. The molecule has 0 spiro atoms. The molecule has 0 aromatic carbocycles. The molecule has 0 aliphatic carbocycles. The summed E-state index contributed by atoms with van der Waals surface area (Å²) in [6.45, 7) is 4.11. The summed E-state index contributed by atoms with van der Waals surface area (Å²) in [5.41, 5.74) is 0.951. The van der Waals surface area contributed by atoms with Crippen LogP contribution in [0.4, 0.5) is 0 Å². The van der Waals surface area contributed by atoms with Crippen molar-refractivity contribution in [2.45, 2.75) is 13.8 Å². The van der Waals surface area contributed by atoms with Crippen molar-refractivity contribution in [2.24, 2.45) is 0 Å². The zero-order valence-corrected chi connectivity index (χ0v) is 8.80. The van der Waals surface area contributed by atoms with Crippen molar-refractivity contribution in [3.63, 3.8) is 0 Å². The van der Waals surface area contributed by atoms with E-state index in [0.717, 1.165) is 10.5 Å². The molecule has 2 rings (SSSR count). The van der Waals surface area contributed by atoms with E-state index in [-0.39, 0.29) is 5.97 Å². The topological polar surface area (TPSA) is 43.6 Å². The highest BCUT2D eigenvalue weighted by molar-refractivity contribution is 7.19. The van der Waals surface area contributed by atoms with E-state index in [1.807, 2.05) is 13.0 Å². The molecule has 0 bridgehead atoms. The SMILES string of the molecule is CCOC(=O)c1cn2nc(C)cc2s1. The molecule has 0 atom stereocenters. The summed E-state index contributed by atoms with van der Waals surface area (Å²) in [6.07, 6.45) is 1.70. The minimum absolute atomic E-state index is 0.277. The van der Waals surface area contributed by atoms with Gasteiger partial charge >= 0.3 is 5.97 Å². The maximum Gasteiger partial charge on any atom is 0.349 e. The van der Waals surface area contributed by atoms with Crippen LogP contribution >= 0.6 is 11.3 Å². The van der Waals surface area contributed by atoms with Gasteiger partial charge in [-0.2, -0.15) is 5.10 Å². The number of aromatic nitrogens is 2. The predicted molar refractivity (Wildman–Crippen MR) is 53.8 cm³/mol. The monoisotopic (exact) mass is 210 g/mol. The second kappa shape index (κ2) is 3.42. The Labute approximate surface area is 85.1 Å². The fourth-order valence-electron chi connectivity index (χ4n) is 1.21. The van der Waals surface area contributed by atoms with Gasteiger partial charge in [0.2, 0.25) is 0 Å². The number of fused-ring (bicyclic) bond motifs is 1. The number of ether oxygens (including phenoxy) is 1. The largest absolute Gasteiger partial charge is 0.462 e. The Kier molecular flexibility index (Phi) is 2.25. The van der Waals surface area contributed by atoms with Crippen molar-refractivity contribution in [1.29, 1.82) is 0 Å². The lowest BCUT2D eigenvalue weighted by Gasteiger charge is -1.95. The zero-order chi connectivity index (χ0) is 10.1. The van der Waals surface area contributed by atoms with Gasteiger partial charge in [0.25, 0.3) is 0 Å². The van der Waals surface area contributed by atoms with Crippen LogP contribution in [0, 0.1) is 6.92 Å². The highest BCUT2D eigenvalue weighted by Crippen LogP contribution is 2.19. The Morgan fingerprint density at radius 3 is 3.14 bits per heavy atom. The van der Waals surface area contributed by atoms with Gasteiger partial charge in [-0.1, -0.05) is 0 Å². The standard InChI is InChI=1S/C9H10N2O2S/c1-3-13-9(12)7-5-11-8(14-7)4-6(2)10-11/h4-5H,3H2,1-2H3. The zero-order valence-electron chi connectivity index (χ0n) is 7.98. The van der Waals surface area contributed by atoms with Crippen LogP contribution in [0.25, 0.3) is 4.83 Å². The fraction of sp³-hybridized carbons (Fsp3) is 0.333. The van der Waals surface area contributed by atoms with Crippen molar-refractivity contribution in [2.75, 3.05) is 6.61 Å². The van der Waals surface area contributed by atoms with Crippen molar-refractivity contribution < 1.29 is 9.53 Å². The lowest BCUT2D eigenvalue weighted by molar-refractivity contribution is 0.0531. The lowest BCUT2D eigenvalue weighted by Crippen LogP contribution is -2.02. The van der Waals surface area contributed by atoms with Crippen LogP contribution in [-0.2, 0) is 4.74 Å². The Bertz CT molecular complexity index is 441. The molecule has 0 aliphatic rings. The smallest absolute Gasteiger partial charge is 0.349 e. The minimum Gasteiger partial charge on any atom is -0.462 e. The first-order valence-electron chi connectivity index (χ1n) is 4.33. The molecule has 0 radical (unpaired) electrons. The molecule has 2 aromatic heterocycles. The molecule has 2 aromatic rings. The van der Waals surface area contributed by atoms with Crippen molar-refractivity contribution in [3.8, 4) is 0 Å². The van der Waals surface area contributed by atoms with Crippen LogP contribution < -0.4 is 0 Å². The number of carbonyl (C=O) groups excluding carboxylic acids is 1. The molecule has 0 unspecified atom stereocenters. The summed E-state index contributed by atoms with van der Waals surface area (Å²) in [7, 11) is 0. The average molecular weight is 210 g/mol. The Morgan fingerprint density at radius 1 is 1.71 bits per heavy atom. The highest BCUT2D eigenvalue weighted by atomic mass is 32.1. The molecule has 0 aliphatic heterocycles.